The molecule has 0 fully saturated rings. The molecule has 1 aliphatic rings. The van der Waals surface area contributed by atoms with Gasteiger partial charge in [-0.2, -0.15) is 0 Å². The van der Waals surface area contributed by atoms with Crippen molar-refractivity contribution >= 4 is 52.3 Å². The molecule has 1 aliphatic heterocycles. The number of nitrogens with two attached hydrogens (primary N) is 1. The van der Waals surface area contributed by atoms with Crippen molar-refractivity contribution in [3.8, 4) is 17.2 Å². The number of hydrogen-bond donors (Lipinski definition) is 1. The number of hydrogen-bond acceptors (Lipinski definition) is 6. The predicted molar refractivity (Wildman–Crippen MR) is 173 cm³/mol. The second-order valence-electron chi connectivity index (χ2n) is 10.6. The van der Waals surface area contributed by atoms with Crippen LogP contribution in [0.4, 0.5) is 11.4 Å². The van der Waals surface area contributed by atoms with E-state index in [0.717, 1.165) is 21.9 Å². The normalized spacial score (nSPS) is 15.1. The van der Waals surface area contributed by atoms with Gasteiger partial charge in [0.05, 0.1) is 45.2 Å². The van der Waals surface area contributed by atoms with Crippen molar-refractivity contribution in [2.24, 2.45) is 17.6 Å². The highest BCUT2D eigenvalue weighted by Gasteiger charge is 2.41. The van der Waals surface area contributed by atoms with E-state index >= 15 is 0 Å². The molecule has 0 saturated heterocycles. The molecule has 10 heteroatoms. The molecule has 9 nitrogen and oxygen atoms in total. The lowest BCUT2D eigenvalue weighted by molar-refractivity contribution is -0.130. The number of primary amides is 1. The molecule has 0 saturated carbocycles. The molecule has 1 unspecified atom stereocenters. The molecule has 0 spiro atoms. The molecule has 4 aromatic carbocycles. The fourth-order valence-electron chi connectivity index (χ4n) is 5.71. The molecule has 1 heterocycles. The Morgan fingerprint density at radius 1 is 0.909 bits per heavy atom. The SMILES string of the molecule is COc1cc(C(=O)N2C[C@H](C(C)C(N)=O)C(=O)N(Cc3c(C)ccc4ccccc34)c3ccccc32)cc(OC)c1OC.Cl. The maximum atomic E-state index is 14.4. The number of fused-ring (bicyclic) bond motifs is 2. The summed E-state index contributed by atoms with van der Waals surface area (Å²) in [7, 11) is 4.44. The molecule has 2 atom stereocenters. The Morgan fingerprint density at radius 3 is 2.14 bits per heavy atom. The topological polar surface area (TPSA) is 111 Å². The smallest absolute Gasteiger partial charge is 0.258 e. The number of methoxy groups -OCH3 is 3. The lowest BCUT2D eigenvalue weighted by Crippen LogP contribution is -2.45. The first-order valence-corrected chi connectivity index (χ1v) is 14.0. The molecule has 5 rings (SSSR count). The lowest BCUT2D eigenvalue weighted by atomic mass is 9.91. The van der Waals surface area contributed by atoms with Crippen LogP contribution in [0.5, 0.6) is 17.2 Å². The fraction of sp³-hybridized carbons (Fsp3) is 0.265. The van der Waals surface area contributed by atoms with E-state index in [9.17, 15) is 14.4 Å². The van der Waals surface area contributed by atoms with E-state index in [1.54, 1.807) is 30.0 Å². The average molecular weight is 618 g/mol. The van der Waals surface area contributed by atoms with Gasteiger partial charge < -0.3 is 29.7 Å². The number of carbonyl (C=O) groups excluding carboxylic acids is 3. The Labute approximate surface area is 262 Å². The number of anilines is 2. The molecular weight excluding hydrogens is 582 g/mol. The number of aryl methyl sites for hydroxylation is 1. The van der Waals surface area contributed by atoms with Crippen molar-refractivity contribution in [1.82, 2.24) is 0 Å². The molecule has 0 bridgehead atoms. The van der Waals surface area contributed by atoms with Gasteiger partial charge in [0.25, 0.3) is 5.91 Å². The van der Waals surface area contributed by atoms with Crippen LogP contribution >= 0.6 is 12.4 Å². The molecule has 0 aromatic heterocycles. The number of rotatable bonds is 8. The van der Waals surface area contributed by atoms with E-state index in [1.165, 1.54) is 26.2 Å². The lowest BCUT2D eigenvalue weighted by Gasteiger charge is -2.28. The summed E-state index contributed by atoms with van der Waals surface area (Å²) in [6.45, 7) is 3.84. The second kappa shape index (κ2) is 13.3. The number of para-hydroxylation sites is 2. The van der Waals surface area contributed by atoms with Crippen molar-refractivity contribution in [2.45, 2.75) is 20.4 Å². The molecule has 230 valence electrons. The highest BCUT2D eigenvalue weighted by molar-refractivity contribution is 6.12. The summed E-state index contributed by atoms with van der Waals surface area (Å²) in [5.74, 6) is -2.05. The Kier molecular flexibility index (Phi) is 9.69. The summed E-state index contributed by atoms with van der Waals surface area (Å²) in [4.78, 5) is 44.5. The van der Waals surface area contributed by atoms with Gasteiger partial charge in [0.15, 0.2) is 11.5 Å². The largest absolute Gasteiger partial charge is 0.493 e. The maximum absolute atomic E-state index is 14.4. The average Bonchev–Trinajstić information content (AvgIpc) is 3.14. The number of amides is 3. The first-order chi connectivity index (χ1) is 20.7. The third-order valence-electron chi connectivity index (χ3n) is 8.23. The minimum Gasteiger partial charge on any atom is -0.493 e. The van der Waals surface area contributed by atoms with Gasteiger partial charge in [-0.25, -0.2) is 0 Å². The Hall–Kier alpha value is -4.76. The zero-order valence-corrected chi connectivity index (χ0v) is 26.1. The number of halogens is 1. The van der Waals surface area contributed by atoms with Crippen LogP contribution in [0, 0.1) is 18.8 Å². The van der Waals surface area contributed by atoms with Gasteiger partial charge in [-0.15, -0.1) is 12.4 Å². The zero-order valence-electron chi connectivity index (χ0n) is 25.3. The van der Waals surface area contributed by atoms with Crippen LogP contribution in [0.15, 0.2) is 72.8 Å². The van der Waals surface area contributed by atoms with Crippen molar-refractivity contribution in [1.29, 1.82) is 0 Å². The van der Waals surface area contributed by atoms with E-state index in [1.807, 2.05) is 55.5 Å². The quantitative estimate of drug-likeness (QED) is 0.278. The highest BCUT2D eigenvalue weighted by atomic mass is 35.5. The van der Waals surface area contributed by atoms with E-state index in [2.05, 4.69) is 6.07 Å². The molecule has 0 radical (unpaired) electrons. The van der Waals surface area contributed by atoms with Crippen LogP contribution in [0.3, 0.4) is 0 Å². The van der Waals surface area contributed by atoms with Crippen molar-refractivity contribution in [2.75, 3.05) is 37.7 Å². The number of benzene rings is 4. The van der Waals surface area contributed by atoms with Gasteiger partial charge in [0.2, 0.25) is 17.6 Å². The molecule has 4 aromatic rings. The summed E-state index contributed by atoms with van der Waals surface area (Å²) >= 11 is 0. The van der Waals surface area contributed by atoms with E-state index in [-0.39, 0.29) is 37.0 Å². The molecule has 44 heavy (non-hydrogen) atoms. The Bertz CT molecular complexity index is 1700. The van der Waals surface area contributed by atoms with Crippen LogP contribution in [0.1, 0.15) is 28.4 Å². The Balaban J connectivity index is 0.00000442. The fourth-order valence-corrected chi connectivity index (χ4v) is 5.71. The molecule has 3 amide bonds. The van der Waals surface area contributed by atoms with Gasteiger partial charge >= 0.3 is 0 Å². The summed E-state index contributed by atoms with van der Waals surface area (Å²) in [6, 6.07) is 22.5. The van der Waals surface area contributed by atoms with Crippen LogP contribution in [0.25, 0.3) is 10.8 Å². The van der Waals surface area contributed by atoms with Crippen molar-refractivity contribution in [3.63, 3.8) is 0 Å². The standard InChI is InChI=1S/C34H35N3O6.ClH/c1-20-14-15-22-10-6-7-11-24(22)25(20)18-37-28-13-9-8-12-27(28)36(19-26(34(37)40)21(2)32(35)38)33(39)23-16-29(41-3)31(43-5)30(17-23)42-4;/h6-17,21,26H,18-19H2,1-5H3,(H2,35,38);1H/t21?,26-;/m1./s1. The number of ether oxygens (including phenoxy) is 3. The van der Waals surface area contributed by atoms with Crippen LogP contribution in [-0.2, 0) is 16.1 Å². The van der Waals surface area contributed by atoms with E-state index < -0.39 is 23.7 Å². The Morgan fingerprint density at radius 2 is 1.52 bits per heavy atom. The summed E-state index contributed by atoms with van der Waals surface area (Å²) < 4.78 is 16.4. The highest BCUT2D eigenvalue weighted by Crippen LogP contribution is 2.41. The molecule has 2 N–H and O–H groups in total. The predicted octanol–water partition coefficient (Wildman–Crippen LogP) is 5.53. The summed E-state index contributed by atoms with van der Waals surface area (Å²) in [5.41, 5.74) is 9.12. The monoisotopic (exact) mass is 617 g/mol. The summed E-state index contributed by atoms with van der Waals surface area (Å²) in [5, 5.41) is 2.08. The first-order valence-electron chi connectivity index (χ1n) is 14.0. The van der Waals surface area contributed by atoms with Gasteiger partial charge in [-0.05, 0) is 53.1 Å². The maximum Gasteiger partial charge on any atom is 0.258 e. The van der Waals surface area contributed by atoms with Crippen LogP contribution in [0.2, 0.25) is 0 Å². The molecular formula is C34H36ClN3O6. The number of nitrogens with zero attached hydrogens (tertiary/aromatic N) is 2. The van der Waals surface area contributed by atoms with Gasteiger partial charge in [-0.1, -0.05) is 55.5 Å². The van der Waals surface area contributed by atoms with E-state index in [0.29, 0.717) is 28.6 Å². The van der Waals surface area contributed by atoms with E-state index in [4.69, 9.17) is 19.9 Å². The van der Waals surface area contributed by atoms with Gasteiger partial charge in [-0.3, -0.25) is 14.4 Å². The molecule has 0 aliphatic carbocycles. The van der Waals surface area contributed by atoms with Gasteiger partial charge in [0, 0.05) is 18.0 Å². The van der Waals surface area contributed by atoms with Gasteiger partial charge in [0.1, 0.15) is 0 Å². The third kappa shape index (κ3) is 5.75. The third-order valence-corrected chi connectivity index (χ3v) is 8.23. The first kappa shape index (κ1) is 32.2. The minimum absolute atomic E-state index is 0. The van der Waals surface area contributed by atoms with Crippen molar-refractivity contribution < 1.29 is 28.6 Å². The van der Waals surface area contributed by atoms with Crippen molar-refractivity contribution in [3.05, 3.63) is 89.5 Å². The number of carbonyl (C=O) groups is 3. The zero-order chi connectivity index (χ0) is 30.8. The minimum atomic E-state index is -0.897. The van der Waals surface area contributed by atoms with Crippen LogP contribution < -0.4 is 29.7 Å². The van der Waals surface area contributed by atoms with Crippen LogP contribution in [-0.4, -0.2) is 45.6 Å². The second-order valence-corrected chi connectivity index (χ2v) is 10.6. The summed E-state index contributed by atoms with van der Waals surface area (Å²) in [6.07, 6.45) is 0.